The Morgan fingerprint density at radius 1 is 1.15 bits per heavy atom. The van der Waals surface area contributed by atoms with Gasteiger partial charge in [-0.15, -0.1) is 0 Å². The fourth-order valence-corrected chi connectivity index (χ4v) is 3.00. The number of para-hydroxylation sites is 2. The molecule has 2 heterocycles. The molecule has 7 heteroatoms. The first kappa shape index (κ1) is 16.3. The molecular weight excluding hydrogens is 336 g/mol. The van der Waals surface area contributed by atoms with Crippen LogP contribution in [0.3, 0.4) is 0 Å². The van der Waals surface area contributed by atoms with Gasteiger partial charge in [-0.05, 0) is 31.2 Å². The summed E-state index contributed by atoms with van der Waals surface area (Å²) in [4.78, 5) is 26.3. The Labute approximate surface area is 150 Å². The van der Waals surface area contributed by atoms with E-state index in [4.69, 9.17) is 14.2 Å². The molecule has 1 atom stereocenters. The van der Waals surface area contributed by atoms with E-state index in [1.165, 1.54) is 0 Å². The van der Waals surface area contributed by atoms with Gasteiger partial charge in [-0.25, -0.2) is 0 Å². The molecule has 2 aliphatic rings. The Kier molecular flexibility index (Phi) is 4.12. The number of nitrogens with one attached hydrogen (secondary N) is 1. The molecule has 0 fully saturated rings. The van der Waals surface area contributed by atoms with Crippen LogP contribution in [-0.4, -0.2) is 31.3 Å². The van der Waals surface area contributed by atoms with Crippen LogP contribution in [0.15, 0.2) is 42.5 Å². The van der Waals surface area contributed by atoms with E-state index in [1.807, 2.05) is 24.3 Å². The zero-order chi connectivity index (χ0) is 18.1. The van der Waals surface area contributed by atoms with E-state index in [-0.39, 0.29) is 31.6 Å². The molecule has 2 aromatic rings. The molecule has 2 aromatic carbocycles. The summed E-state index contributed by atoms with van der Waals surface area (Å²) in [7, 11) is 0. The van der Waals surface area contributed by atoms with Gasteiger partial charge in [0.25, 0.3) is 5.91 Å². The monoisotopic (exact) mass is 354 g/mol. The predicted molar refractivity (Wildman–Crippen MR) is 94.7 cm³/mol. The van der Waals surface area contributed by atoms with E-state index in [0.29, 0.717) is 28.6 Å². The number of nitrogens with zero attached hydrogens (tertiary/aromatic N) is 1. The SMILES string of the molecule is CC1Oc2ccccc2N(CCC(=O)Nc2ccc3c(c2)OCO3)C1=O. The topological polar surface area (TPSA) is 77.1 Å². The van der Waals surface area contributed by atoms with E-state index in [2.05, 4.69) is 5.32 Å². The lowest BCUT2D eigenvalue weighted by Gasteiger charge is -2.32. The van der Waals surface area contributed by atoms with Gasteiger partial charge in [0.2, 0.25) is 12.7 Å². The molecule has 0 saturated heterocycles. The number of amides is 2. The summed E-state index contributed by atoms with van der Waals surface area (Å²) in [6, 6.07) is 12.5. The number of rotatable bonds is 4. The van der Waals surface area contributed by atoms with Crippen LogP contribution in [0.1, 0.15) is 13.3 Å². The van der Waals surface area contributed by atoms with Crippen molar-refractivity contribution in [1.29, 1.82) is 0 Å². The molecule has 0 radical (unpaired) electrons. The Morgan fingerprint density at radius 2 is 1.96 bits per heavy atom. The van der Waals surface area contributed by atoms with Gasteiger partial charge in [-0.3, -0.25) is 9.59 Å². The minimum Gasteiger partial charge on any atom is -0.479 e. The molecule has 7 nitrogen and oxygen atoms in total. The average Bonchev–Trinajstić information content (AvgIpc) is 3.10. The van der Waals surface area contributed by atoms with Gasteiger partial charge in [0, 0.05) is 24.7 Å². The summed E-state index contributed by atoms with van der Waals surface area (Å²) in [6.45, 7) is 2.17. The van der Waals surface area contributed by atoms with Gasteiger partial charge in [-0.2, -0.15) is 0 Å². The van der Waals surface area contributed by atoms with Crippen molar-refractivity contribution in [2.24, 2.45) is 0 Å². The third-order valence-electron chi connectivity index (χ3n) is 4.29. The molecular formula is C19H18N2O5. The largest absolute Gasteiger partial charge is 0.479 e. The number of carbonyl (C=O) groups excluding carboxylic acids is 2. The second-order valence-electron chi connectivity index (χ2n) is 6.08. The highest BCUT2D eigenvalue weighted by atomic mass is 16.7. The standard InChI is InChI=1S/C19H18N2O5/c1-12-19(23)21(14-4-2-3-5-15(14)26-12)9-8-18(22)20-13-6-7-16-17(10-13)25-11-24-16/h2-7,10,12H,8-9,11H2,1H3,(H,20,22). The molecule has 0 aliphatic carbocycles. The van der Waals surface area contributed by atoms with E-state index >= 15 is 0 Å². The van der Waals surface area contributed by atoms with Gasteiger partial charge >= 0.3 is 0 Å². The minimum absolute atomic E-state index is 0.153. The van der Waals surface area contributed by atoms with Crippen LogP contribution in [0.25, 0.3) is 0 Å². The molecule has 26 heavy (non-hydrogen) atoms. The number of carbonyl (C=O) groups is 2. The highest BCUT2D eigenvalue weighted by molar-refractivity contribution is 6.00. The third kappa shape index (κ3) is 3.03. The lowest BCUT2D eigenvalue weighted by Crippen LogP contribution is -2.45. The van der Waals surface area contributed by atoms with E-state index < -0.39 is 6.10 Å². The number of anilines is 2. The maximum Gasteiger partial charge on any atom is 0.267 e. The predicted octanol–water partition coefficient (Wildman–Crippen LogP) is 2.56. The average molecular weight is 354 g/mol. The molecule has 0 spiro atoms. The van der Waals surface area contributed by atoms with Crippen LogP contribution in [-0.2, 0) is 9.59 Å². The number of hydrogen-bond donors (Lipinski definition) is 1. The zero-order valence-corrected chi connectivity index (χ0v) is 14.2. The molecule has 134 valence electrons. The maximum atomic E-state index is 12.4. The summed E-state index contributed by atoms with van der Waals surface area (Å²) in [5.74, 6) is 1.57. The van der Waals surface area contributed by atoms with Gasteiger partial charge in [0.1, 0.15) is 5.75 Å². The Hall–Kier alpha value is -3.22. The van der Waals surface area contributed by atoms with E-state index in [9.17, 15) is 9.59 Å². The smallest absolute Gasteiger partial charge is 0.267 e. The van der Waals surface area contributed by atoms with Crippen LogP contribution in [0.5, 0.6) is 17.2 Å². The van der Waals surface area contributed by atoms with Crippen molar-refractivity contribution in [1.82, 2.24) is 0 Å². The van der Waals surface area contributed by atoms with Crippen molar-refractivity contribution in [3.05, 3.63) is 42.5 Å². The van der Waals surface area contributed by atoms with Crippen molar-refractivity contribution in [2.75, 3.05) is 23.6 Å². The first-order chi connectivity index (χ1) is 12.6. The van der Waals surface area contributed by atoms with E-state index in [1.54, 1.807) is 30.0 Å². The quantitative estimate of drug-likeness (QED) is 0.913. The zero-order valence-electron chi connectivity index (χ0n) is 14.2. The summed E-state index contributed by atoms with van der Waals surface area (Å²) in [5, 5.41) is 2.82. The second-order valence-corrected chi connectivity index (χ2v) is 6.08. The van der Waals surface area contributed by atoms with Crippen molar-refractivity contribution < 1.29 is 23.8 Å². The number of hydrogen-bond acceptors (Lipinski definition) is 5. The molecule has 1 unspecified atom stereocenters. The highest BCUT2D eigenvalue weighted by Gasteiger charge is 2.31. The second kappa shape index (κ2) is 6.59. The summed E-state index contributed by atoms with van der Waals surface area (Å²) in [6.07, 6.45) is -0.400. The minimum atomic E-state index is -0.568. The summed E-state index contributed by atoms with van der Waals surface area (Å²) < 4.78 is 16.2. The lowest BCUT2D eigenvalue weighted by molar-refractivity contribution is -0.125. The molecule has 2 amide bonds. The highest BCUT2D eigenvalue weighted by Crippen LogP contribution is 2.35. The van der Waals surface area contributed by atoms with Gasteiger partial charge in [0.05, 0.1) is 5.69 Å². The van der Waals surface area contributed by atoms with Crippen LogP contribution < -0.4 is 24.4 Å². The van der Waals surface area contributed by atoms with Gasteiger partial charge < -0.3 is 24.4 Å². The normalized spacial score (nSPS) is 17.5. The van der Waals surface area contributed by atoms with E-state index in [0.717, 1.165) is 0 Å². The molecule has 2 aliphatic heterocycles. The molecule has 0 saturated carbocycles. The number of ether oxygens (including phenoxy) is 3. The molecule has 1 N–H and O–H groups in total. The first-order valence-corrected chi connectivity index (χ1v) is 8.38. The summed E-state index contributed by atoms with van der Waals surface area (Å²) in [5.41, 5.74) is 1.31. The summed E-state index contributed by atoms with van der Waals surface area (Å²) >= 11 is 0. The third-order valence-corrected chi connectivity index (χ3v) is 4.29. The fourth-order valence-electron chi connectivity index (χ4n) is 3.00. The van der Waals surface area contributed by atoms with Crippen LogP contribution in [0.4, 0.5) is 11.4 Å². The Morgan fingerprint density at radius 3 is 2.85 bits per heavy atom. The molecule has 4 rings (SSSR count). The first-order valence-electron chi connectivity index (χ1n) is 8.38. The Balaban J connectivity index is 1.42. The number of fused-ring (bicyclic) bond motifs is 2. The van der Waals surface area contributed by atoms with Crippen molar-refractivity contribution in [3.8, 4) is 17.2 Å². The Bertz CT molecular complexity index is 867. The van der Waals surface area contributed by atoms with Crippen LogP contribution in [0, 0.1) is 0 Å². The maximum absolute atomic E-state index is 12.4. The molecule has 0 bridgehead atoms. The number of benzene rings is 2. The molecule has 0 aromatic heterocycles. The van der Waals surface area contributed by atoms with Crippen molar-refractivity contribution in [2.45, 2.75) is 19.4 Å². The van der Waals surface area contributed by atoms with Crippen molar-refractivity contribution >= 4 is 23.2 Å². The van der Waals surface area contributed by atoms with Crippen LogP contribution in [0.2, 0.25) is 0 Å². The van der Waals surface area contributed by atoms with Crippen LogP contribution >= 0.6 is 0 Å². The van der Waals surface area contributed by atoms with Crippen molar-refractivity contribution in [3.63, 3.8) is 0 Å². The lowest BCUT2D eigenvalue weighted by atomic mass is 10.1. The fraction of sp³-hybridized carbons (Fsp3) is 0.263. The van der Waals surface area contributed by atoms with Gasteiger partial charge in [0.15, 0.2) is 17.6 Å². The van der Waals surface area contributed by atoms with Gasteiger partial charge in [-0.1, -0.05) is 12.1 Å².